The number of ether oxygens (including phenoxy) is 1. The Balaban J connectivity index is 1.68. The predicted octanol–water partition coefficient (Wildman–Crippen LogP) is 3.91. The van der Waals surface area contributed by atoms with Gasteiger partial charge in [-0.1, -0.05) is 29.8 Å². The van der Waals surface area contributed by atoms with Crippen LogP contribution in [-0.4, -0.2) is 45.9 Å². The van der Waals surface area contributed by atoms with Crippen LogP contribution in [0.2, 0.25) is 5.02 Å². The van der Waals surface area contributed by atoms with E-state index in [1.54, 1.807) is 79.7 Å². The van der Waals surface area contributed by atoms with Gasteiger partial charge in [-0.25, -0.2) is 13.8 Å². The molecule has 3 aromatic rings. The number of halogens is 1. The summed E-state index contributed by atoms with van der Waals surface area (Å²) in [6.07, 6.45) is 1.02. The van der Waals surface area contributed by atoms with Crippen LogP contribution in [0.1, 0.15) is 22.8 Å². The zero-order chi connectivity index (χ0) is 26.3. The summed E-state index contributed by atoms with van der Waals surface area (Å²) in [5, 5.41) is 7.33. The van der Waals surface area contributed by atoms with E-state index in [-0.39, 0.29) is 5.91 Å². The van der Waals surface area contributed by atoms with Crippen molar-refractivity contribution in [3.63, 3.8) is 0 Å². The molecule has 0 heterocycles. The lowest BCUT2D eigenvalue weighted by atomic mass is 10.1. The van der Waals surface area contributed by atoms with Crippen LogP contribution in [-0.2, 0) is 14.8 Å². The van der Waals surface area contributed by atoms with E-state index in [1.165, 1.54) is 7.11 Å². The Labute approximate surface area is 214 Å². The monoisotopic (exact) mass is 528 g/mol. The number of benzene rings is 3. The lowest BCUT2D eigenvalue weighted by Crippen LogP contribution is -2.39. The van der Waals surface area contributed by atoms with Crippen molar-refractivity contribution in [2.24, 2.45) is 5.10 Å². The number of carbonyl (C=O) groups excluding carboxylic acids is 2. The molecule has 36 heavy (non-hydrogen) atoms. The molecule has 9 nitrogen and oxygen atoms in total. The molecule has 0 saturated heterocycles. The number of rotatable bonds is 9. The molecule has 0 aliphatic carbocycles. The maximum absolute atomic E-state index is 12.5. The first-order valence-corrected chi connectivity index (χ1v) is 12.9. The molecule has 3 rings (SSSR count). The Bertz CT molecular complexity index is 1390. The molecule has 0 aliphatic heterocycles. The number of hydrogen-bond donors (Lipinski definition) is 2. The van der Waals surface area contributed by atoms with Gasteiger partial charge in [0.1, 0.15) is 12.3 Å². The van der Waals surface area contributed by atoms with Gasteiger partial charge in [-0.3, -0.25) is 13.9 Å². The highest BCUT2D eigenvalue weighted by Crippen LogP contribution is 2.21. The minimum Gasteiger partial charge on any atom is -0.497 e. The fourth-order valence-electron chi connectivity index (χ4n) is 3.18. The third-order valence-corrected chi connectivity index (χ3v) is 6.40. The predicted molar refractivity (Wildman–Crippen MR) is 141 cm³/mol. The van der Waals surface area contributed by atoms with Gasteiger partial charge >= 0.3 is 0 Å². The van der Waals surface area contributed by atoms with Gasteiger partial charge in [-0.15, -0.1) is 0 Å². The van der Waals surface area contributed by atoms with E-state index in [0.29, 0.717) is 39.0 Å². The highest BCUT2D eigenvalue weighted by Gasteiger charge is 2.21. The van der Waals surface area contributed by atoms with Crippen LogP contribution in [0.5, 0.6) is 5.75 Å². The smallest absolute Gasteiger partial charge is 0.260 e. The molecule has 0 bridgehead atoms. The van der Waals surface area contributed by atoms with Crippen molar-refractivity contribution in [2.75, 3.05) is 29.5 Å². The molecule has 0 radical (unpaired) electrons. The molecule has 2 N–H and O–H groups in total. The summed E-state index contributed by atoms with van der Waals surface area (Å²) in [5.74, 6) is -0.388. The lowest BCUT2D eigenvalue weighted by Gasteiger charge is -2.21. The first kappa shape index (κ1) is 26.7. The summed E-state index contributed by atoms with van der Waals surface area (Å²) < 4.78 is 30.6. The molecule has 0 atom stereocenters. The van der Waals surface area contributed by atoms with Gasteiger partial charge in [0.2, 0.25) is 10.0 Å². The van der Waals surface area contributed by atoms with Crippen molar-refractivity contribution in [1.82, 2.24) is 5.43 Å². The Morgan fingerprint density at radius 3 is 2.31 bits per heavy atom. The van der Waals surface area contributed by atoms with E-state index in [2.05, 4.69) is 15.8 Å². The van der Waals surface area contributed by atoms with Gasteiger partial charge in [0.05, 0.1) is 24.8 Å². The minimum absolute atomic E-state index is 0.317. The van der Waals surface area contributed by atoms with Gasteiger partial charge < -0.3 is 10.1 Å². The quantitative estimate of drug-likeness (QED) is 0.322. The third kappa shape index (κ3) is 7.30. The largest absolute Gasteiger partial charge is 0.497 e. The van der Waals surface area contributed by atoms with E-state index in [4.69, 9.17) is 16.3 Å². The molecule has 188 valence electrons. The summed E-state index contributed by atoms with van der Waals surface area (Å²) >= 11 is 5.95. The maximum Gasteiger partial charge on any atom is 0.260 e. The van der Waals surface area contributed by atoms with E-state index in [9.17, 15) is 18.0 Å². The van der Waals surface area contributed by atoms with Crippen molar-refractivity contribution >= 4 is 50.5 Å². The number of methoxy groups -OCH3 is 1. The van der Waals surface area contributed by atoms with Gasteiger partial charge in [0, 0.05) is 16.3 Å². The molecule has 0 spiro atoms. The number of nitrogens with one attached hydrogen (secondary N) is 2. The van der Waals surface area contributed by atoms with Crippen molar-refractivity contribution in [1.29, 1.82) is 0 Å². The fourth-order valence-corrected chi connectivity index (χ4v) is 4.23. The first-order chi connectivity index (χ1) is 17.1. The van der Waals surface area contributed by atoms with E-state index in [1.807, 2.05) is 0 Å². The Morgan fingerprint density at radius 1 is 1.00 bits per heavy atom. The van der Waals surface area contributed by atoms with Gasteiger partial charge in [0.15, 0.2) is 0 Å². The van der Waals surface area contributed by atoms with Crippen LogP contribution in [0.4, 0.5) is 11.4 Å². The molecule has 0 unspecified atom stereocenters. The molecule has 0 aromatic heterocycles. The average Bonchev–Trinajstić information content (AvgIpc) is 2.85. The van der Waals surface area contributed by atoms with Crippen LogP contribution in [0.25, 0.3) is 0 Å². The molecule has 0 fully saturated rings. The molecule has 2 amide bonds. The number of anilines is 2. The zero-order valence-corrected chi connectivity index (χ0v) is 21.4. The summed E-state index contributed by atoms with van der Waals surface area (Å²) in [5.41, 5.74) is 4.75. The molecule has 11 heteroatoms. The number of hydrogen-bond acceptors (Lipinski definition) is 6. The summed E-state index contributed by atoms with van der Waals surface area (Å²) in [4.78, 5) is 25.0. The van der Waals surface area contributed by atoms with Crippen LogP contribution in [0.15, 0.2) is 77.9 Å². The summed E-state index contributed by atoms with van der Waals surface area (Å²) in [6.45, 7) is 1.22. The molecule has 0 aliphatic rings. The number of sulfonamides is 1. The SMILES string of the molecule is COc1ccc(N(CC(=O)N/N=C(\C)c2cccc(NC(=O)c3cccc(Cl)c3)c2)S(C)(=O)=O)cc1. The van der Waals surface area contributed by atoms with Crippen LogP contribution >= 0.6 is 11.6 Å². The molecule has 0 saturated carbocycles. The minimum atomic E-state index is -3.73. The highest BCUT2D eigenvalue weighted by atomic mass is 35.5. The highest BCUT2D eigenvalue weighted by molar-refractivity contribution is 7.92. The van der Waals surface area contributed by atoms with Crippen LogP contribution in [0.3, 0.4) is 0 Å². The molecule has 3 aromatic carbocycles. The van der Waals surface area contributed by atoms with Crippen LogP contribution < -0.4 is 19.8 Å². The van der Waals surface area contributed by atoms with Crippen LogP contribution in [0, 0.1) is 0 Å². The summed E-state index contributed by atoms with van der Waals surface area (Å²) in [6, 6.07) is 19.8. The Morgan fingerprint density at radius 2 is 1.67 bits per heavy atom. The number of amides is 2. The van der Waals surface area contributed by atoms with E-state index in [0.717, 1.165) is 10.6 Å². The zero-order valence-electron chi connectivity index (χ0n) is 19.9. The van der Waals surface area contributed by atoms with Crippen molar-refractivity contribution < 1.29 is 22.7 Å². The second-order valence-corrected chi connectivity index (χ2v) is 10.1. The number of hydrazone groups is 1. The second-order valence-electron chi connectivity index (χ2n) is 7.75. The third-order valence-electron chi connectivity index (χ3n) is 5.02. The molecular formula is C25H25ClN4O5S. The topological polar surface area (TPSA) is 117 Å². The van der Waals surface area contributed by atoms with E-state index >= 15 is 0 Å². The maximum atomic E-state index is 12.5. The van der Waals surface area contributed by atoms with Crippen molar-refractivity contribution in [2.45, 2.75) is 6.92 Å². The number of carbonyl (C=O) groups is 2. The fraction of sp³-hybridized carbons (Fsp3) is 0.160. The molecular weight excluding hydrogens is 504 g/mol. The van der Waals surface area contributed by atoms with Gasteiger partial charge in [-0.2, -0.15) is 5.10 Å². The average molecular weight is 529 g/mol. The van der Waals surface area contributed by atoms with Gasteiger partial charge in [0.25, 0.3) is 11.8 Å². The van der Waals surface area contributed by atoms with Crippen molar-refractivity contribution in [3.05, 3.63) is 88.9 Å². The summed E-state index contributed by atoms with van der Waals surface area (Å²) in [7, 11) is -2.23. The van der Waals surface area contributed by atoms with E-state index < -0.39 is 22.5 Å². The first-order valence-electron chi connectivity index (χ1n) is 10.7. The Hall–Kier alpha value is -3.89. The van der Waals surface area contributed by atoms with Crippen molar-refractivity contribution in [3.8, 4) is 5.75 Å². The lowest BCUT2D eigenvalue weighted by molar-refractivity contribution is -0.119. The number of nitrogens with zero attached hydrogens (tertiary/aromatic N) is 2. The standard InChI is InChI=1S/C25H25ClN4O5S/c1-17(18-6-5-9-21(15-18)27-25(32)19-7-4-8-20(26)14-19)28-29-24(31)16-30(36(3,33)34)22-10-12-23(35-2)13-11-22/h4-15H,16H2,1-3H3,(H,27,32)(H,29,31)/b28-17+. The second kappa shape index (κ2) is 11.7. The Kier molecular flexibility index (Phi) is 8.68. The normalized spacial score (nSPS) is 11.5. The van der Waals surface area contributed by atoms with Gasteiger partial charge in [-0.05, 0) is 67.1 Å².